The second kappa shape index (κ2) is 6.64. The quantitative estimate of drug-likeness (QED) is 0.881. The van der Waals surface area contributed by atoms with Crippen molar-refractivity contribution in [3.63, 3.8) is 0 Å². The van der Waals surface area contributed by atoms with Crippen molar-refractivity contribution in [1.82, 2.24) is 5.32 Å². The van der Waals surface area contributed by atoms with Crippen LogP contribution >= 0.6 is 0 Å². The van der Waals surface area contributed by atoms with E-state index in [4.69, 9.17) is 0 Å². The molecule has 0 saturated carbocycles. The fraction of sp³-hybridized carbons (Fsp3) is 0.600. The first-order valence-corrected chi connectivity index (χ1v) is 7.15. The maximum absolute atomic E-state index is 3.44. The highest BCUT2D eigenvalue weighted by atomic mass is 15.2. The van der Waals surface area contributed by atoms with Crippen LogP contribution in [0.4, 0.5) is 11.4 Å². The third kappa shape index (κ3) is 3.16. The van der Waals surface area contributed by atoms with Gasteiger partial charge in [0.1, 0.15) is 0 Å². The van der Waals surface area contributed by atoms with E-state index in [2.05, 4.69) is 53.2 Å². The first kappa shape index (κ1) is 13.2. The molecule has 1 heterocycles. The summed E-state index contributed by atoms with van der Waals surface area (Å²) in [4.78, 5) is 4.86. The van der Waals surface area contributed by atoms with Gasteiger partial charge in [0.25, 0.3) is 0 Å². The van der Waals surface area contributed by atoms with Crippen LogP contribution in [0.25, 0.3) is 0 Å². The highest BCUT2D eigenvalue weighted by Gasteiger charge is 2.09. The van der Waals surface area contributed by atoms with Crippen LogP contribution in [-0.4, -0.2) is 39.3 Å². The average molecular weight is 247 g/mol. The molecule has 0 bridgehead atoms. The Bertz CT molecular complexity index is 335. The van der Waals surface area contributed by atoms with Crippen molar-refractivity contribution < 1.29 is 0 Å². The summed E-state index contributed by atoms with van der Waals surface area (Å²) in [6.45, 7) is 11.1. The van der Waals surface area contributed by atoms with E-state index in [0.29, 0.717) is 0 Å². The zero-order chi connectivity index (χ0) is 12.8. The Morgan fingerprint density at radius 3 is 2.44 bits per heavy atom. The second-order valence-electron chi connectivity index (χ2n) is 4.78. The lowest BCUT2D eigenvalue weighted by Gasteiger charge is -2.25. The van der Waals surface area contributed by atoms with Gasteiger partial charge in [0.05, 0.1) is 0 Å². The van der Waals surface area contributed by atoms with Crippen LogP contribution in [0.2, 0.25) is 0 Å². The molecule has 3 heteroatoms. The molecule has 0 spiro atoms. The molecule has 1 aromatic rings. The summed E-state index contributed by atoms with van der Waals surface area (Å²) in [7, 11) is 0. The van der Waals surface area contributed by atoms with Gasteiger partial charge in [-0.2, -0.15) is 0 Å². The predicted molar refractivity (Wildman–Crippen MR) is 79.7 cm³/mol. The maximum Gasteiger partial charge on any atom is 0.0368 e. The van der Waals surface area contributed by atoms with Gasteiger partial charge in [-0.1, -0.05) is 0 Å². The summed E-state index contributed by atoms with van der Waals surface area (Å²) >= 11 is 0. The molecule has 1 N–H and O–H groups in total. The predicted octanol–water partition coefficient (Wildman–Crippen LogP) is 2.33. The number of nitrogens with zero attached hydrogens (tertiary/aromatic N) is 2. The fourth-order valence-corrected chi connectivity index (χ4v) is 2.57. The Morgan fingerprint density at radius 1 is 1.06 bits per heavy atom. The summed E-state index contributed by atoms with van der Waals surface area (Å²) < 4.78 is 0. The number of nitrogens with one attached hydrogen (secondary N) is 1. The standard InChI is InChI=1S/C15H25N3/c1-3-17(4-2)14-6-8-15(9-7-14)18-12-5-10-16-11-13-18/h6-9,16H,3-5,10-13H2,1-2H3. The van der Waals surface area contributed by atoms with Crippen molar-refractivity contribution in [1.29, 1.82) is 0 Å². The maximum atomic E-state index is 3.44. The van der Waals surface area contributed by atoms with Crippen molar-refractivity contribution in [2.24, 2.45) is 0 Å². The summed E-state index contributed by atoms with van der Waals surface area (Å²) in [5.74, 6) is 0. The first-order valence-electron chi connectivity index (χ1n) is 7.15. The normalized spacial score (nSPS) is 16.4. The smallest absolute Gasteiger partial charge is 0.0368 e. The van der Waals surface area contributed by atoms with Crippen molar-refractivity contribution >= 4 is 11.4 Å². The first-order chi connectivity index (χ1) is 8.85. The van der Waals surface area contributed by atoms with E-state index in [0.717, 1.165) is 39.3 Å². The average Bonchev–Trinajstić information content (AvgIpc) is 2.70. The largest absolute Gasteiger partial charge is 0.372 e. The van der Waals surface area contributed by atoms with Crippen molar-refractivity contribution in [3.05, 3.63) is 24.3 Å². The van der Waals surface area contributed by atoms with Crippen LogP contribution in [0.5, 0.6) is 0 Å². The van der Waals surface area contributed by atoms with Crippen molar-refractivity contribution in [3.8, 4) is 0 Å². The number of hydrogen-bond acceptors (Lipinski definition) is 3. The number of hydrogen-bond donors (Lipinski definition) is 1. The van der Waals surface area contributed by atoms with Crippen molar-refractivity contribution in [2.45, 2.75) is 20.3 Å². The van der Waals surface area contributed by atoms with Gasteiger partial charge in [-0.15, -0.1) is 0 Å². The molecule has 1 aromatic carbocycles. The molecular weight excluding hydrogens is 222 g/mol. The summed E-state index contributed by atoms with van der Waals surface area (Å²) in [6, 6.07) is 9.03. The van der Waals surface area contributed by atoms with E-state index in [-0.39, 0.29) is 0 Å². The molecule has 18 heavy (non-hydrogen) atoms. The minimum absolute atomic E-state index is 1.07. The molecule has 0 unspecified atom stereocenters. The Labute approximate surface area is 111 Å². The molecule has 3 nitrogen and oxygen atoms in total. The Hall–Kier alpha value is -1.22. The van der Waals surface area contributed by atoms with Crippen molar-refractivity contribution in [2.75, 3.05) is 49.1 Å². The summed E-state index contributed by atoms with van der Waals surface area (Å²) in [5, 5.41) is 3.44. The van der Waals surface area contributed by atoms with Gasteiger partial charge >= 0.3 is 0 Å². The summed E-state index contributed by atoms with van der Waals surface area (Å²) in [6.07, 6.45) is 1.23. The second-order valence-corrected chi connectivity index (χ2v) is 4.78. The molecule has 2 rings (SSSR count). The van der Waals surface area contributed by atoms with Gasteiger partial charge in [-0.05, 0) is 51.1 Å². The lowest BCUT2D eigenvalue weighted by Crippen LogP contribution is -2.28. The molecule has 1 fully saturated rings. The van der Waals surface area contributed by atoms with Gasteiger partial charge in [0.15, 0.2) is 0 Å². The minimum atomic E-state index is 1.07. The SMILES string of the molecule is CCN(CC)c1ccc(N2CCCNCC2)cc1. The van der Waals surface area contributed by atoms with Gasteiger partial charge in [0, 0.05) is 44.1 Å². The molecule has 1 aliphatic rings. The zero-order valence-electron chi connectivity index (χ0n) is 11.7. The lowest BCUT2D eigenvalue weighted by molar-refractivity contribution is 0.724. The van der Waals surface area contributed by atoms with Gasteiger partial charge < -0.3 is 15.1 Å². The van der Waals surface area contributed by atoms with Gasteiger partial charge in [-0.3, -0.25) is 0 Å². The number of anilines is 2. The van der Waals surface area contributed by atoms with E-state index in [1.54, 1.807) is 0 Å². The molecule has 1 saturated heterocycles. The van der Waals surface area contributed by atoms with E-state index in [1.807, 2.05) is 0 Å². The Kier molecular flexibility index (Phi) is 4.88. The van der Waals surface area contributed by atoms with Crippen LogP contribution in [0.3, 0.4) is 0 Å². The number of rotatable bonds is 4. The van der Waals surface area contributed by atoms with E-state index in [9.17, 15) is 0 Å². The minimum Gasteiger partial charge on any atom is -0.372 e. The summed E-state index contributed by atoms with van der Waals surface area (Å²) in [5.41, 5.74) is 2.69. The lowest BCUT2D eigenvalue weighted by atomic mass is 10.2. The van der Waals surface area contributed by atoms with E-state index >= 15 is 0 Å². The fourth-order valence-electron chi connectivity index (χ4n) is 2.57. The van der Waals surface area contributed by atoms with E-state index in [1.165, 1.54) is 17.8 Å². The zero-order valence-corrected chi connectivity index (χ0v) is 11.7. The van der Waals surface area contributed by atoms with Crippen LogP contribution in [0.15, 0.2) is 24.3 Å². The molecule has 1 aliphatic heterocycles. The van der Waals surface area contributed by atoms with Crippen LogP contribution in [0.1, 0.15) is 20.3 Å². The molecule has 0 aromatic heterocycles. The molecule has 0 aliphatic carbocycles. The molecule has 0 radical (unpaired) electrons. The van der Waals surface area contributed by atoms with Gasteiger partial charge in [-0.25, -0.2) is 0 Å². The molecule has 100 valence electrons. The van der Waals surface area contributed by atoms with Gasteiger partial charge in [0.2, 0.25) is 0 Å². The highest BCUT2D eigenvalue weighted by Crippen LogP contribution is 2.21. The van der Waals surface area contributed by atoms with Crippen LogP contribution < -0.4 is 15.1 Å². The molecular formula is C15H25N3. The highest BCUT2D eigenvalue weighted by molar-refractivity contribution is 5.56. The molecule has 0 atom stereocenters. The van der Waals surface area contributed by atoms with Crippen LogP contribution in [0, 0.1) is 0 Å². The third-order valence-corrected chi connectivity index (χ3v) is 3.68. The third-order valence-electron chi connectivity index (χ3n) is 3.68. The number of benzene rings is 1. The Morgan fingerprint density at radius 2 is 1.78 bits per heavy atom. The monoisotopic (exact) mass is 247 g/mol. The van der Waals surface area contributed by atoms with Crippen LogP contribution in [-0.2, 0) is 0 Å². The van der Waals surface area contributed by atoms with E-state index < -0.39 is 0 Å². The molecule has 0 amide bonds. The topological polar surface area (TPSA) is 18.5 Å². The Balaban J connectivity index is 2.06.